The maximum absolute atomic E-state index is 11.1. The van der Waals surface area contributed by atoms with Crippen molar-refractivity contribution in [2.45, 2.75) is 6.92 Å². The van der Waals surface area contributed by atoms with Crippen LogP contribution < -0.4 is 5.73 Å². The zero-order chi connectivity index (χ0) is 11.7. The van der Waals surface area contributed by atoms with Gasteiger partial charge in [0.25, 0.3) is 0 Å². The second-order valence-corrected chi connectivity index (χ2v) is 3.90. The van der Waals surface area contributed by atoms with Gasteiger partial charge in [-0.2, -0.15) is 5.10 Å². The summed E-state index contributed by atoms with van der Waals surface area (Å²) in [7, 11) is 0. The van der Waals surface area contributed by atoms with E-state index in [0.29, 0.717) is 21.8 Å². The number of rotatable bonds is 2. The summed E-state index contributed by atoms with van der Waals surface area (Å²) in [4.78, 5) is 11.1. The van der Waals surface area contributed by atoms with Gasteiger partial charge in [-0.05, 0) is 31.2 Å². The van der Waals surface area contributed by atoms with Gasteiger partial charge in [0, 0.05) is 16.8 Å². The quantitative estimate of drug-likeness (QED) is 0.837. The standard InChI is InChI=1S/C11H10ClN3O/c1-6-4-10(15-14-6)8-5-7(11(13)16)2-3-9(8)12/h2-5H,1H3,(H2,13,16)(H,14,15). The molecule has 0 bridgehead atoms. The number of aryl methyl sites for hydroxylation is 1. The number of amides is 1. The molecule has 82 valence electrons. The minimum absolute atomic E-state index is 0.417. The van der Waals surface area contributed by atoms with E-state index in [4.69, 9.17) is 17.3 Å². The van der Waals surface area contributed by atoms with Crippen LogP contribution in [0, 0.1) is 6.92 Å². The molecule has 0 radical (unpaired) electrons. The van der Waals surface area contributed by atoms with Gasteiger partial charge in [0.05, 0.1) is 10.7 Å². The summed E-state index contributed by atoms with van der Waals surface area (Å²) >= 11 is 6.04. The predicted octanol–water partition coefficient (Wildman–Crippen LogP) is 2.14. The number of aromatic nitrogens is 2. The number of benzene rings is 1. The van der Waals surface area contributed by atoms with Gasteiger partial charge in [-0.15, -0.1) is 0 Å². The molecule has 1 heterocycles. The topological polar surface area (TPSA) is 71.8 Å². The number of carbonyl (C=O) groups excluding carboxylic acids is 1. The summed E-state index contributed by atoms with van der Waals surface area (Å²) in [6.45, 7) is 1.89. The second kappa shape index (κ2) is 3.98. The predicted molar refractivity (Wildman–Crippen MR) is 62.3 cm³/mol. The van der Waals surface area contributed by atoms with Gasteiger partial charge in [0.15, 0.2) is 0 Å². The molecule has 0 spiro atoms. The molecule has 5 heteroatoms. The Kier molecular flexibility index (Phi) is 2.66. The fourth-order valence-corrected chi connectivity index (χ4v) is 1.65. The molecule has 0 atom stereocenters. The van der Waals surface area contributed by atoms with Crippen LogP contribution in [0.15, 0.2) is 24.3 Å². The Morgan fingerprint density at radius 3 is 2.75 bits per heavy atom. The summed E-state index contributed by atoms with van der Waals surface area (Å²) in [5, 5.41) is 7.44. The molecule has 0 saturated heterocycles. The van der Waals surface area contributed by atoms with Crippen molar-refractivity contribution in [3.05, 3.63) is 40.5 Å². The SMILES string of the molecule is Cc1cc(-c2cc(C(N)=O)ccc2Cl)n[nH]1. The van der Waals surface area contributed by atoms with Gasteiger partial charge in [-0.1, -0.05) is 11.6 Å². The first kappa shape index (κ1) is 10.7. The number of hydrogen-bond donors (Lipinski definition) is 2. The van der Waals surface area contributed by atoms with Crippen LogP contribution in [0.1, 0.15) is 16.1 Å². The van der Waals surface area contributed by atoms with Crippen molar-refractivity contribution < 1.29 is 4.79 Å². The van der Waals surface area contributed by atoms with E-state index in [1.54, 1.807) is 18.2 Å². The van der Waals surface area contributed by atoms with E-state index in [2.05, 4.69) is 10.2 Å². The maximum atomic E-state index is 11.1. The monoisotopic (exact) mass is 235 g/mol. The van der Waals surface area contributed by atoms with Crippen molar-refractivity contribution in [1.82, 2.24) is 10.2 Å². The maximum Gasteiger partial charge on any atom is 0.248 e. The number of aromatic amines is 1. The molecule has 1 amide bonds. The summed E-state index contributed by atoms with van der Waals surface area (Å²) in [6.07, 6.45) is 0. The van der Waals surface area contributed by atoms with E-state index in [9.17, 15) is 4.79 Å². The van der Waals surface area contributed by atoms with Gasteiger partial charge < -0.3 is 5.73 Å². The molecule has 1 aromatic carbocycles. The number of primary amides is 1. The lowest BCUT2D eigenvalue weighted by Crippen LogP contribution is -2.10. The molecule has 3 N–H and O–H groups in total. The van der Waals surface area contributed by atoms with Gasteiger partial charge in [-0.3, -0.25) is 9.89 Å². The lowest BCUT2D eigenvalue weighted by atomic mass is 10.1. The van der Waals surface area contributed by atoms with Crippen molar-refractivity contribution in [3.63, 3.8) is 0 Å². The molecular weight excluding hydrogens is 226 g/mol. The number of carbonyl (C=O) groups is 1. The van der Waals surface area contributed by atoms with Crippen molar-refractivity contribution in [1.29, 1.82) is 0 Å². The van der Waals surface area contributed by atoms with E-state index in [1.807, 2.05) is 13.0 Å². The van der Waals surface area contributed by atoms with Crippen LogP contribution in [0.5, 0.6) is 0 Å². The fourth-order valence-electron chi connectivity index (χ4n) is 1.43. The highest BCUT2D eigenvalue weighted by Crippen LogP contribution is 2.27. The van der Waals surface area contributed by atoms with Crippen molar-refractivity contribution in [2.75, 3.05) is 0 Å². The first-order chi connectivity index (χ1) is 7.58. The van der Waals surface area contributed by atoms with Gasteiger partial charge >= 0.3 is 0 Å². The molecule has 4 nitrogen and oxygen atoms in total. The average Bonchev–Trinajstić information content (AvgIpc) is 2.65. The van der Waals surface area contributed by atoms with E-state index >= 15 is 0 Å². The Hall–Kier alpha value is -1.81. The number of nitrogens with one attached hydrogen (secondary N) is 1. The minimum atomic E-state index is -0.481. The van der Waals surface area contributed by atoms with Crippen molar-refractivity contribution >= 4 is 17.5 Å². The number of halogens is 1. The Bertz CT molecular complexity index is 548. The summed E-state index contributed by atoms with van der Waals surface area (Å²) in [5.41, 5.74) is 7.95. The first-order valence-electron chi connectivity index (χ1n) is 4.69. The molecule has 0 unspecified atom stereocenters. The van der Waals surface area contributed by atoms with Crippen LogP contribution >= 0.6 is 11.6 Å². The van der Waals surface area contributed by atoms with Crippen LogP contribution in [0.25, 0.3) is 11.3 Å². The number of H-pyrrole nitrogens is 1. The fraction of sp³-hybridized carbons (Fsp3) is 0.0909. The van der Waals surface area contributed by atoms with Gasteiger partial charge in [0.1, 0.15) is 0 Å². The van der Waals surface area contributed by atoms with Crippen LogP contribution in [0.2, 0.25) is 5.02 Å². The van der Waals surface area contributed by atoms with E-state index in [0.717, 1.165) is 5.69 Å². The molecule has 2 rings (SSSR count). The van der Waals surface area contributed by atoms with Crippen LogP contribution in [0.4, 0.5) is 0 Å². The molecule has 0 saturated carbocycles. The highest BCUT2D eigenvalue weighted by Gasteiger charge is 2.10. The third-order valence-corrected chi connectivity index (χ3v) is 2.56. The Labute approximate surface area is 97.4 Å². The molecule has 1 aromatic heterocycles. The number of nitrogens with two attached hydrogens (primary N) is 1. The molecule has 2 aromatic rings. The van der Waals surface area contributed by atoms with Crippen LogP contribution in [0.3, 0.4) is 0 Å². The lowest BCUT2D eigenvalue weighted by Gasteiger charge is -2.02. The van der Waals surface area contributed by atoms with Gasteiger partial charge in [0.2, 0.25) is 5.91 Å². The number of hydrogen-bond acceptors (Lipinski definition) is 2. The van der Waals surface area contributed by atoms with E-state index in [-0.39, 0.29) is 0 Å². The first-order valence-corrected chi connectivity index (χ1v) is 5.07. The molecule has 0 fully saturated rings. The third-order valence-electron chi connectivity index (χ3n) is 2.23. The smallest absolute Gasteiger partial charge is 0.248 e. The lowest BCUT2D eigenvalue weighted by molar-refractivity contribution is 0.100. The molecule has 0 aliphatic carbocycles. The summed E-state index contributed by atoms with van der Waals surface area (Å²) in [5.74, 6) is -0.481. The minimum Gasteiger partial charge on any atom is -0.366 e. The highest BCUT2D eigenvalue weighted by atomic mass is 35.5. The van der Waals surface area contributed by atoms with E-state index < -0.39 is 5.91 Å². The van der Waals surface area contributed by atoms with Crippen LogP contribution in [-0.4, -0.2) is 16.1 Å². The van der Waals surface area contributed by atoms with Crippen molar-refractivity contribution in [2.24, 2.45) is 5.73 Å². The zero-order valence-corrected chi connectivity index (χ0v) is 9.38. The summed E-state index contributed by atoms with van der Waals surface area (Å²) in [6, 6.07) is 6.72. The van der Waals surface area contributed by atoms with Crippen molar-refractivity contribution in [3.8, 4) is 11.3 Å². The van der Waals surface area contributed by atoms with E-state index in [1.165, 1.54) is 0 Å². The normalized spacial score (nSPS) is 10.4. The molecule has 16 heavy (non-hydrogen) atoms. The Morgan fingerprint density at radius 2 is 2.19 bits per heavy atom. The molecule has 0 aliphatic rings. The molecule has 0 aliphatic heterocycles. The third kappa shape index (κ3) is 1.92. The Morgan fingerprint density at radius 1 is 1.44 bits per heavy atom. The Balaban J connectivity index is 2.55. The average molecular weight is 236 g/mol. The molecular formula is C11H10ClN3O. The van der Waals surface area contributed by atoms with Gasteiger partial charge in [-0.25, -0.2) is 0 Å². The summed E-state index contributed by atoms with van der Waals surface area (Å²) < 4.78 is 0. The largest absolute Gasteiger partial charge is 0.366 e. The second-order valence-electron chi connectivity index (χ2n) is 3.50. The zero-order valence-electron chi connectivity index (χ0n) is 8.62. The number of nitrogens with zero attached hydrogens (tertiary/aromatic N) is 1. The van der Waals surface area contributed by atoms with Crippen LogP contribution in [-0.2, 0) is 0 Å². The highest BCUT2D eigenvalue weighted by molar-refractivity contribution is 6.33.